The number of Topliss-reactive ketones (excluding diaryl/α,β-unsaturated/α-hetero) is 1. The van der Waals surface area contributed by atoms with E-state index < -0.39 is 0 Å². The number of carbonyl (C=O) groups excluding carboxylic acids is 1. The number of nitrogens with zero attached hydrogens (tertiary/aromatic N) is 1. The van der Waals surface area contributed by atoms with E-state index in [-0.39, 0.29) is 5.78 Å². The van der Waals surface area contributed by atoms with Crippen molar-refractivity contribution in [2.24, 2.45) is 7.05 Å². The van der Waals surface area contributed by atoms with Crippen LogP contribution in [0.4, 0.5) is 5.69 Å². The summed E-state index contributed by atoms with van der Waals surface area (Å²) in [5, 5.41) is 4.04. The maximum absolute atomic E-state index is 12.5. The maximum Gasteiger partial charge on any atom is 0.250 e. The van der Waals surface area contributed by atoms with Crippen LogP contribution in [0, 0.1) is 0 Å². The lowest BCUT2D eigenvalue weighted by Gasteiger charge is -2.06. The Morgan fingerprint density at radius 1 is 1.12 bits per heavy atom. The number of rotatable bonds is 5. The summed E-state index contributed by atoms with van der Waals surface area (Å²) in [6.07, 6.45) is 4.08. The third kappa shape index (κ3) is 3.59. The minimum atomic E-state index is 0.0675. The Morgan fingerprint density at radius 2 is 1.84 bits per heavy atom. The SMILES string of the molecule is CNCC(=O)c1cc(C=Cc2ccc(N)cc2)c2ccccc2[n+]1C. The van der Waals surface area contributed by atoms with Gasteiger partial charge in [-0.05, 0) is 36.4 Å². The van der Waals surface area contributed by atoms with E-state index in [1.165, 1.54) is 0 Å². The van der Waals surface area contributed by atoms with E-state index >= 15 is 0 Å². The Kier molecular flexibility index (Phi) is 4.91. The quantitative estimate of drug-likeness (QED) is 0.429. The van der Waals surface area contributed by atoms with Crippen LogP contribution in [0.25, 0.3) is 23.1 Å². The van der Waals surface area contributed by atoms with Crippen LogP contribution in [0.5, 0.6) is 0 Å². The third-order valence-electron chi connectivity index (χ3n) is 4.24. The number of aromatic nitrogens is 1. The molecule has 0 amide bonds. The topological polar surface area (TPSA) is 59.0 Å². The van der Waals surface area contributed by atoms with Crippen molar-refractivity contribution in [3.05, 3.63) is 71.4 Å². The van der Waals surface area contributed by atoms with Gasteiger partial charge in [-0.2, -0.15) is 4.57 Å². The lowest BCUT2D eigenvalue weighted by Crippen LogP contribution is -2.39. The molecule has 0 spiro atoms. The van der Waals surface area contributed by atoms with E-state index in [0.717, 1.165) is 27.7 Å². The molecule has 0 bridgehead atoms. The highest BCUT2D eigenvalue weighted by molar-refractivity contribution is 5.98. The molecular weight excluding hydrogens is 310 g/mol. The van der Waals surface area contributed by atoms with Gasteiger partial charge < -0.3 is 11.1 Å². The van der Waals surface area contributed by atoms with Crippen LogP contribution in [-0.2, 0) is 7.05 Å². The summed E-state index contributed by atoms with van der Waals surface area (Å²) in [6.45, 7) is 0.313. The van der Waals surface area contributed by atoms with Gasteiger partial charge in [0.15, 0.2) is 0 Å². The molecule has 2 aromatic carbocycles. The number of hydrogen-bond donors (Lipinski definition) is 2. The first-order valence-corrected chi connectivity index (χ1v) is 8.23. The number of nitrogens with two attached hydrogens (primary N) is 1. The molecule has 3 aromatic rings. The molecule has 0 aliphatic rings. The normalized spacial score (nSPS) is 11.3. The van der Waals surface area contributed by atoms with Crippen LogP contribution in [0.3, 0.4) is 0 Å². The molecule has 25 heavy (non-hydrogen) atoms. The third-order valence-corrected chi connectivity index (χ3v) is 4.24. The number of aryl methyl sites for hydroxylation is 1. The second kappa shape index (κ2) is 7.28. The molecule has 126 valence electrons. The predicted molar refractivity (Wildman–Crippen MR) is 103 cm³/mol. The van der Waals surface area contributed by atoms with Gasteiger partial charge in [0.25, 0.3) is 5.69 Å². The number of anilines is 1. The Hall–Kier alpha value is -2.98. The molecular formula is C21H22N3O+. The highest BCUT2D eigenvalue weighted by Gasteiger charge is 2.20. The Bertz CT molecular complexity index is 943. The van der Waals surface area contributed by atoms with E-state index in [2.05, 4.69) is 11.4 Å². The van der Waals surface area contributed by atoms with E-state index in [1.807, 2.05) is 72.3 Å². The monoisotopic (exact) mass is 332 g/mol. The minimum Gasteiger partial charge on any atom is -0.399 e. The Labute approximate surface area is 147 Å². The number of carbonyl (C=O) groups is 1. The maximum atomic E-state index is 12.5. The second-order valence-electron chi connectivity index (χ2n) is 6.01. The van der Waals surface area contributed by atoms with E-state index in [0.29, 0.717) is 12.2 Å². The number of para-hydroxylation sites is 1. The van der Waals surface area contributed by atoms with Gasteiger partial charge in [-0.25, -0.2) is 0 Å². The molecule has 0 radical (unpaired) electrons. The zero-order valence-electron chi connectivity index (χ0n) is 14.5. The van der Waals surface area contributed by atoms with E-state index in [9.17, 15) is 4.79 Å². The van der Waals surface area contributed by atoms with Crippen LogP contribution in [0.1, 0.15) is 21.6 Å². The number of likely N-dealkylation sites (N-methyl/N-ethyl adjacent to an activating group) is 1. The first-order chi connectivity index (χ1) is 12.1. The van der Waals surface area contributed by atoms with E-state index in [4.69, 9.17) is 5.73 Å². The van der Waals surface area contributed by atoms with Crippen LogP contribution in [-0.4, -0.2) is 19.4 Å². The molecule has 0 unspecified atom stereocenters. The molecule has 0 saturated heterocycles. The van der Waals surface area contributed by atoms with Crippen LogP contribution in [0.2, 0.25) is 0 Å². The summed E-state index contributed by atoms with van der Waals surface area (Å²) in [7, 11) is 3.71. The highest BCUT2D eigenvalue weighted by Crippen LogP contribution is 2.20. The Morgan fingerprint density at radius 3 is 2.56 bits per heavy atom. The van der Waals surface area contributed by atoms with Gasteiger partial charge in [0.05, 0.1) is 11.9 Å². The van der Waals surface area contributed by atoms with Gasteiger partial charge in [0, 0.05) is 17.8 Å². The van der Waals surface area contributed by atoms with Gasteiger partial charge in [0.1, 0.15) is 7.05 Å². The summed E-state index contributed by atoms with van der Waals surface area (Å²) in [6, 6.07) is 17.8. The molecule has 0 saturated carbocycles. The molecule has 1 aromatic heterocycles. The van der Waals surface area contributed by atoms with Gasteiger partial charge in [0.2, 0.25) is 11.3 Å². The second-order valence-corrected chi connectivity index (χ2v) is 6.01. The largest absolute Gasteiger partial charge is 0.399 e. The molecule has 3 N–H and O–H groups in total. The van der Waals surface area contributed by atoms with Crippen molar-refractivity contribution in [2.75, 3.05) is 19.3 Å². The summed E-state index contributed by atoms with van der Waals surface area (Å²) in [5.41, 5.74) is 10.3. The van der Waals surface area contributed by atoms with Gasteiger partial charge >= 0.3 is 0 Å². The van der Waals surface area contributed by atoms with Gasteiger partial charge in [-0.15, -0.1) is 0 Å². The minimum absolute atomic E-state index is 0.0675. The smallest absolute Gasteiger partial charge is 0.250 e. The number of hydrogen-bond acceptors (Lipinski definition) is 3. The Balaban J connectivity index is 2.11. The number of nitrogens with one attached hydrogen (secondary N) is 1. The average molecular weight is 332 g/mol. The molecule has 0 atom stereocenters. The first-order valence-electron chi connectivity index (χ1n) is 8.23. The summed E-state index contributed by atoms with van der Waals surface area (Å²) in [5.74, 6) is 0.0675. The molecule has 1 heterocycles. The number of nitrogen functional groups attached to an aromatic ring is 1. The summed E-state index contributed by atoms with van der Waals surface area (Å²) >= 11 is 0. The van der Waals surface area contributed by atoms with Crippen molar-refractivity contribution < 1.29 is 9.36 Å². The van der Waals surface area contributed by atoms with Crippen molar-refractivity contribution in [1.29, 1.82) is 0 Å². The zero-order valence-corrected chi connectivity index (χ0v) is 14.5. The summed E-state index contributed by atoms with van der Waals surface area (Å²) in [4.78, 5) is 12.5. The van der Waals surface area contributed by atoms with Gasteiger partial charge in [-0.1, -0.05) is 36.4 Å². The average Bonchev–Trinajstić information content (AvgIpc) is 2.63. The molecule has 0 aliphatic carbocycles. The van der Waals surface area contributed by atoms with Crippen LogP contribution in [0.15, 0.2) is 54.6 Å². The number of ketones is 1. The van der Waals surface area contributed by atoms with Crippen LogP contribution < -0.4 is 15.6 Å². The number of benzene rings is 2. The lowest BCUT2D eigenvalue weighted by molar-refractivity contribution is -0.646. The lowest BCUT2D eigenvalue weighted by atomic mass is 10.0. The molecule has 3 rings (SSSR count). The van der Waals surface area contributed by atoms with Crippen LogP contribution >= 0.6 is 0 Å². The number of pyridine rings is 1. The highest BCUT2D eigenvalue weighted by atomic mass is 16.1. The molecule has 4 heteroatoms. The van der Waals surface area contributed by atoms with Crippen molar-refractivity contribution in [3.8, 4) is 0 Å². The van der Waals surface area contributed by atoms with Crippen molar-refractivity contribution in [3.63, 3.8) is 0 Å². The summed E-state index contributed by atoms with van der Waals surface area (Å²) < 4.78 is 1.95. The van der Waals surface area contributed by atoms with Crippen molar-refractivity contribution in [2.45, 2.75) is 0 Å². The fraction of sp³-hybridized carbons (Fsp3) is 0.143. The predicted octanol–water partition coefficient (Wildman–Crippen LogP) is 2.82. The molecule has 4 nitrogen and oxygen atoms in total. The van der Waals surface area contributed by atoms with Crippen molar-refractivity contribution in [1.82, 2.24) is 5.32 Å². The standard InChI is InChI=1S/C21H21N3O/c1-23-14-21(25)20-13-16(10-7-15-8-11-17(22)12-9-15)18-5-3-4-6-19(18)24(20)2/h3-13,22-23H,14H2,1-2H3/p+1. The fourth-order valence-electron chi connectivity index (χ4n) is 2.91. The van der Waals surface area contributed by atoms with Crippen molar-refractivity contribution >= 4 is 34.5 Å². The first kappa shape index (κ1) is 16.9. The molecule has 0 fully saturated rings. The van der Waals surface area contributed by atoms with Gasteiger partial charge in [-0.3, -0.25) is 4.79 Å². The molecule has 0 aliphatic heterocycles. The fourth-order valence-corrected chi connectivity index (χ4v) is 2.91. The zero-order chi connectivity index (χ0) is 17.8. The van der Waals surface area contributed by atoms with E-state index in [1.54, 1.807) is 7.05 Å². The number of fused-ring (bicyclic) bond motifs is 1.